The number of sulfonamides is 1. The van der Waals surface area contributed by atoms with Gasteiger partial charge >= 0.3 is 6.18 Å². The summed E-state index contributed by atoms with van der Waals surface area (Å²) in [5.41, 5.74) is 1.47. The average Bonchev–Trinajstić information content (AvgIpc) is 3.59. The summed E-state index contributed by atoms with van der Waals surface area (Å²) < 4.78 is 82.4. The van der Waals surface area contributed by atoms with Crippen LogP contribution in [0.5, 0.6) is 0 Å². The second-order valence-electron chi connectivity index (χ2n) is 11.8. The van der Waals surface area contributed by atoms with Crippen LogP contribution in [0.3, 0.4) is 0 Å². The lowest BCUT2D eigenvalue weighted by molar-refractivity contribution is -0.137. The SMILES string of the molecule is Cc1ccccc1S(=O)(=O)N1CCCC1C(=O)NCc1cc(-c2ccc(C(F)(F)F)cc2)nc(N2CCN(c3ccccc3F)CC2)n1. The number of para-hydroxylation sites is 1. The zero-order valence-corrected chi connectivity index (χ0v) is 26.9. The van der Waals surface area contributed by atoms with Crippen LogP contribution in [0.25, 0.3) is 11.3 Å². The second-order valence-corrected chi connectivity index (χ2v) is 13.7. The lowest BCUT2D eigenvalue weighted by atomic mass is 10.1. The molecule has 14 heteroatoms. The first-order valence-electron chi connectivity index (χ1n) is 15.6. The summed E-state index contributed by atoms with van der Waals surface area (Å²) in [7, 11) is -3.92. The maximum Gasteiger partial charge on any atom is 0.416 e. The zero-order chi connectivity index (χ0) is 34.1. The standard InChI is InChI=1S/C34H34F4N6O3S/c1-23-7-2-5-11-31(23)48(46,47)44-16-6-10-30(44)32(45)39-22-26-21-28(24-12-14-25(15-13-24)34(36,37)38)41-33(40-26)43-19-17-42(18-20-43)29-9-4-3-8-27(29)35/h2-5,7-9,11-15,21,30H,6,10,16-20,22H2,1H3,(H,39,45). The van der Waals surface area contributed by atoms with Crippen molar-refractivity contribution >= 4 is 27.6 Å². The third kappa shape index (κ3) is 6.99. The summed E-state index contributed by atoms with van der Waals surface area (Å²) in [5, 5.41) is 2.83. The Kier molecular flexibility index (Phi) is 9.39. The number of carbonyl (C=O) groups excluding carboxylic acids is 1. The number of rotatable bonds is 8. The molecule has 1 amide bonds. The minimum atomic E-state index is -4.50. The molecule has 252 valence electrons. The molecule has 2 aliphatic rings. The lowest BCUT2D eigenvalue weighted by Crippen LogP contribution is -2.47. The van der Waals surface area contributed by atoms with Gasteiger partial charge in [-0.3, -0.25) is 4.79 Å². The highest BCUT2D eigenvalue weighted by Gasteiger charge is 2.40. The maximum absolute atomic E-state index is 14.4. The van der Waals surface area contributed by atoms with Crippen molar-refractivity contribution in [2.24, 2.45) is 0 Å². The van der Waals surface area contributed by atoms with Crippen molar-refractivity contribution < 1.29 is 30.8 Å². The first-order valence-corrected chi connectivity index (χ1v) is 17.0. The van der Waals surface area contributed by atoms with Crippen molar-refractivity contribution in [3.8, 4) is 11.3 Å². The molecule has 1 N–H and O–H groups in total. The van der Waals surface area contributed by atoms with Crippen LogP contribution in [-0.4, -0.2) is 67.4 Å². The van der Waals surface area contributed by atoms with Crippen molar-refractivity contribution in [1.29, 1.82) is 0 Å². The van der Waals surface area contributed by atoms with Gasteiger partial charge in [0.2, 0.25) is 21.9 Å². The summed E-state index contributed by atoms with van der Waals surface area (Å²) in [4.78, 5) is 26.8. The Labute approximate surface area is 276 Å². The topological polar surface area (TPSA) is 98.7 Å². The van der Waals surface area contributed by atoms with Crippen LogP contribution in [0.1, 0.15) is 29.7 Å². The number of aryl methyl sites for hydroxylation is 1. The molecular formula is C34H34F4N6O3S. The smallest absolute Gasteiger partial charge is 0.366 e. The van der Waals surface area contributed by atoms with Gasteiger partial charge in [0, 0.05) is 38.3 Å². The predicted molar refractivity (Wildman–Crippen MR) is 173 cm³/mol. The molecule has 1 unspecified atom stereocenters. The number of halogens is 4. The van der Waals surface area contributed by atoms with E-state index in [0.717, 1.165) is 12.1 Å². The molecule has 0 saturated carbocycles. The minimum Gasteiger partial charge on any atom is -0.366 e. The number of piperazine rings is 1. The summed E-state index contributed by atoms with van der Waals surface area (Å²) in [6, 6.07) is 18.5. The van der Waals surface area contributed by atoms with Crippen LogP contribution in [0.2, 0.25) is 0 Å². The Hall–Kier alpha value is -4.56. The highest BCUT2D eigenvalue weighted by Crippen LogP contribution is 2.32. The van der Waals surface area contributed by atoms with Gasteiger partial charge in [0.15, 0.2) is 0 Å². The maximum atomic E-state index is 14.4. The Morgan fingerprint density at radius 2 is 1.56 bits per heavy atom. The van der Waals surface area contributed by atoms with Gasteiger partial charge in [-0.25, -0.2) is 22.8 Å². The summed E-state index contributed by atoms with van der Waals surface area (Å²) >= 11 is 0. The van der Waals surface area contributed by atoms with Gasteiger partial charge in [0.05, 0.1) is 34.1 Å². The van der Waals surface area contributed by atoms with E-state index in [-0.39, 0.29) is 23.8 Å². The zero-order valence-electron chi connectivity index (χ0n) is 26.1. The van der Waals surface area contributed by atoms with E-state index in [0.29, 0.717) is 73.2 Å². The molecule has 4 aromatic rings. The third-order valence-electron chi connectivity index (χ3n) is 8.66. The monoisotopic (exact) mass is 682 g/mol. The number of hydrogen-bond acceptors (Lipinski definition) is 7. The van der Waals surface area contributed by atoms with Crippen molar-refractivity contribution in [3.05, 3.63) is 102 Å². The van der Waals surface area contributed by atoms with E-state index in [1.54, 1.807) is 49.4 Å². The molecule has 3 aromatic carbocycles. The number of amides is 1. The fourth-order valence-electron chi connectivity index (χ4n) is 6.11. The first-order chi connectivity index (χ1) is 22.9. The molecule has 2 saturated heterocycles. The first kappa shape index (κ1) is 33.3. The number of nitrogens with zero attached hydrogens (tertiary/aromatic N) is 5. The van der Waals surface area contributed by atoms with Crippen LogP contribution in [0, 0.1) is 12.7 Å². The Morgan fingerprint density at radius 1 is 0.896 bits per heavy atom. The van der Waals surface area contributed by atoms with Gasteiger partial charge in [-0.05, 0) is 61.7 Å². The number of aromatic nitrogens is 2. The number of carbonyl (C=O) groups is 1. The van der Waals surface area contributed by atoms with Gasteiger partial charge in [0.25, 0.3) is 0 Å². The summed E-state index contributed by atoms with van der Waals surface area (Å²) in [5.74, 6) is -0.481. The third-order valence-corrected chi connectivity index (χ3v) is 10.7. The van der Waals surface area contributed by atoms with Gasteiger partial charge in [-0.15, -0.1) is 0 Å². The minimum absolute atomic E-state index is 0.0636. The fourth-order valence-corrected chi connectivity index (χ4v) is 7.99. The molecule has 1 atom stereocenters. The number of alkyl halides is 3. The molecule has 3 heterocycles. The molecule has 48 heavy (non-hydrogen) atoms. The molecule has 0 spiro atoms. The molecule has 1 aromatic heterocycles. The van der Waals surface area contributed by atoms with Gasteiger partial charge < -0.3 is 15.1 Å². The van der Waals surface area contributed by atoms with E-state index in [2.05, 4.69) is 15.3 Å². The molecule has 9 nitrogen and oxygen atoms in total. The van der Waals surface area contributed by atoms with Gasteiger partial charge in [-0.2, -0.15) is 17.5 Å². The summed E-state index contributed by atoms with van der Waals surface area (Å²) in [6.45, 7) is 3.71. The van der Waals surface area contributed by atoms with E-state index < -0.39 is 33.7 Å². The highest BCUT2D eigenvalue weighted by molar-refractivity contribution is 7.89. The van der Waals surface area contributed by atoms with Crippen molar-refractivity contribution in [1.82, 2.24) is 19.6 Å². The predicted octanol–water partition coefficient (Wildman–Crippen LogP) is 5.41. The number of benzene rings is 3. The fraction of sp³-hybridized carbons (Fsp3) is 0.324. The van der Waals surface area contributed by atoms with E-state index in [9.17, 15) is 30.8 Å². The Bertz CT molecular complexity index is 1900. The normalized spacial score (nSPS) is 17.5. The van der Waals surface area contributed by atoms with Crippen LogP contribution in [0.4, 0.5) is 29.2 Å². The lowest BCUT2D eigenvalue weighted by Gasteiger charge is -2.36. The van der Waals surface area contributed by atoms with Crippen LogP contribution in [-0.2, 0) is 27.5 Å². The summed E-state index contributed by atoms with van der Waals surface area (Å²) in [6.07, 6.45) is -3.61. The average molecular weight is 683 g/mol. The van der Waals surface area contributed by atoms with Crippen molar-refractivity contribution in [3.63, 3.8) is 0 Å². The van der Waals surface area contributed by atoms with Gasteiger partial charge in [-0.1, -0.05) is 42.5 Å². The van der Waals surface area contributed by atoms with E-state index >= 15 is 0 Å². The van der Waals surface area contributed by atoms with Gasteiger partial charge in [0.1, 0.15) is 11.9 Å². The Balaban J connectivity index is 1.23. The molecular weight excluding hydrogens is 648 g/mol. The van der Waals surface area contributed by atoms with E-state index in [1.165, 1.54) is 28.6 Å². The molecule has 2 fully saturated rings. The number of hydrogen-bond donors (Lipinski definition) is 1. The molecule has 2 aliphatic heterocycles. The largest absolute Gasteiger partial charge is 0.416 e. The van der Waals surface area contributed by atoms with Crippen molar-refractivity contribution in [2.45, 2.75) is 43.4 Å². The van der Waals surface area contributed by atoms with E-state index in [1.807, 2.05) is 9.80 Å². The quantitative estimate of drug-likeness (QED) is 0.249. The van der Waals surface area contributed by atoms with Crippen LogP contribution >= 0.6 is 0 Å². The number of nitrogens with one attached hydrogen (secondary N) is 1. The molecule has 0 radical (unpaired) electrons. The molecule has 6 rings (SSSR count). The Morgan fingerprint density at radius 3 is 2.25 bits per heavy atom. The highest BCUT2D eigenvalue weighted by atomic mass is 32.2. The molecule has 0 bridgehead atoms. The van der Waals surface area contributed by atoms with Crippen molar-refractivity contribution in [2.75, 3.05) is 42.5 Å². The van der Waals surface area contributed by atoms with Crippen LogP contribution < -0.4 is 15.1 Å². The second kappa shape index (κ2) is 13.5. The van der Waals surface area contributed by atoms with E-state index in [4.69, 9.17) is 0 Å². The number of anilines is 2. The molecule has 0 aliphatic carbocycles. The van der Waals surface area contributed by atoms with Crippen LogP contribution in [0.15, 0.2) is 83.8 Å².